The molecule has 20 heavy (non-hydrogen) atoms. The second-order valence-electron chi connectivity index (χ2n) is 4.40. The minimum absolute atomic E-state index is 0.156. The van der Waals surface area contributed by atoms with Crippen LogP contribution in [0.3, 0.4) is 0 Å². The number of allylic oxidation sites excluding steroid dienone is 3. The average Bonchev–Trinajstić information content (AvgIpc) is 2.38. The molecule has 0 radical (unpaired) electrons. The molecule has 0 bridgehead atoms. The molecule has 0 aromatic rings. The Kier molecular flexibility index (Phi) is 18.1. The number of carboxylic acids is 2. The zero-order valence-corrected chi connectivity index (χ0v) is 12.7. The molecular formula is C16H28O4. The highest BCUT2D eigenvalue weighted by molar-refractivity contribution is 5.68. The van der Waals surface area contributed by atoms with Crippen molar-refractivity contribution >= 4 is 11.9 Å². The molecule has 0 aliphatic heterocycles. The SMILES string of the molecule is CCC/C=C/CCC(=O)O.CCCC/C=C/CC(=O)O. The molecule has 0 saturated carbocycles. The van der Waals surface area contributed by atoms with E-state index >= 15 is 0 Å². The third-order valence-corrected chi connectivity index (χ3v) is 2.33. The summed E-state index contributed by atoms with van der Waals surface area (Å²) in [5.41, 5.74) is 0. The number of rotatable bonds is 10. The summed E-state index contributed by atoms with van der Waals surface area (Å²) in [6.45, 7) is 4.21. The summed E-state index contributed by atoms with van der Waals surface area (Å²) < 4.78 is 0. The van der Waals surface area contributed by atoms with Crippen molar-refractivity contribution in [2.45, 2.75) is 65.2 Å². The van der Waals surface area contributed by atoms with Crippen molar-refractivity contribution in [3.8, 4) is 0 Å². The van der Waals surface area contributed by atoms with E-state index in [-0.39, 0.29) is 12.8 Å². The molecule has 0 aliphatic carbocycles. The van der Waals surface area contributed by atoms with Gasteiger partial charge in [-0.05, 0) is 19.3 Å². The molecule has 0 heterocycles. The molecule has 0 saturated heterocycles. The first-order chi connectivity index (χ1) is 9.54. The standard InChI is InChI=1S/2C8H14O2/c2*1-2-3-4-5-6-7-8(9)10/h5-6H,2-4,7H2,1H3,(H,9,10);4-5H,2-3,6-7H2,1H3,(H,9,10)/b6-5+;5-4+. The van der Waals surface area contributed by atoms with Gasteiger partial charge in [0, 0.05) is 6.42 Å². The summed E-state index contributed by atoms with van der Waals surface area (Å²) in [7, 11) is 0. The number of hydrogen-bond donors (Lipinski definition) is 2. The third-order valence-electron chi connectivity index (χ3n) is 2.33. The van der Waals surface area contributed by atoms with E-state index in [1.165, 1.54) is 0 Å². The molecule has 0 spiro atoms. The summed E-state index contributed by atoms with van der Waals surface area (Å²) in [5.74, 6) is -1.48. The van der Waals surface area contributed by atoms with Crippen LogP contribution in [0.15, 0.2) is 24.3 Å². The predicted octanol–water partition coefficient (Wildman–Crippen LogP) is 4.42. The van der Waals surface area contributed by atoms with E-state index in [4.69, 9.17) is 10.2 Å². The van der Waals surface area contributed by atoms with Gasteiger partial charge in [-0.3, -0.25) is 9.59 Å². The van der Waals surface area contributed by atoms with Crippen LogP contribution in [0.5, 0.6) is 0 Å². The Morgan fingerprint density at radius 3 is 1.90 bits per heavy atom. The van der Waals surface area contributed by atoms with Crippen molar-refractivity contribution in [1.29, 1.82) is 0 Å². The van der Waals surface area contributed by atoms with Gasteiger partial charge in [-0.2, -0.15) is 0 Å². The van der Waals surface area contributed by atoms with Gasteiger partial charge in [0.2, 0.25) is 0 Å². The maximum Gasteiger partial charge on any atom is 0.307 e. The van der Waals surface area contributed by atoms with Crippen LogP contribution in [-0.4, -0.2) is 22.2 Å². The molecule has 0 aliphatic rings. The van der Waals surface area contributed by atoms with E-state index in [9.17, 15) is 9.59 Å². The predicted molar refractivity (Wildman–Crippen MR) is 81.8 cm³/mol. The van der Waals surface area contributed by atoms with E-state index in [0.29, 0.717) is 6.42 Å². The van der Waals surface area contributed by atoms with Gasteiger partial charge in [0.1, 0.15) is 0 Å². The summed E-state index contributed by atoms with van der Waals surface area (Å²) >= 11 is 0. The fourth-order valence-electron chi connectivity index (χ4n) is 1.23. The van der Waals surface area contributed by atoms with Crippen molar-refractivity contribution in [2.75, 3.05) is 0 Å². The summed E-state index contributed by atoms with van der Waals surface area (Å²) in [6, 6.07) is 0. The Hall–Kier alpha value is -1.58. The Morgan fingerprint density at radius 2 is 1.40 bits per heavy atom. The first-order valence-corrected chi connectivity index (χ1v) is 7.28. The minimum atomic E-state index is -0.757. The van der Waals surface area contributed by atoms with E-state index in [1.807, 2.05) is 18.2 Å². The van der Waals surface area contributed by atoms with Crippen LogP contribution in [0.1, 0.15) is 65.2 Å². The molecule has 4 nitrogen and oxygen atoms in total. The number of unbranched alkanes of at least 4 members (excludes halogenated alkanes) is 3. The van der Waals surface area contributed by atoms with E-state index in [0.717, 1.165) is 32.1 Å². The van der Waals surface area contributed by atoms with E-state index in [1.54, 1.807) is 6.08 Å². The zero-order chi connectivity index (χ0) is 15.6. The summed E-state index contributed by atoms with van der Waals surface area (Å²) in [5, 5.41) is 16.5. The lowest BCUT2D eigenvalue weighted by Gasteiger charge is -1.86. The van der Waals surface area contributed by atoms with Gasteiger partial charge in [0.05, 0.1) is 6.42 Å². The molecule has 0 fully saturated rings. The monoisotopic (exact) mass is 284 g/mol. The third kappa shape index (κ3) is 25.3. The summed E-state index contributed by atoms with van der Waals surface area (Å²) in [6.07, 6.45) is 14.2. The quantitative estimate of drug-likeness (QED) is 0.460. The molecule has 4 heteroatoms. The molecule has 0 atom stereocenters. The fraction of sp³-hybridized carbons (Fsp3) is 0.625. The molecule has 0 unspecified atom stereocenters. The van der Waals surface area contributed by atoms with Crippen molar-refractivity contribution in [1.82, 2.24) is 0 Å². The Labute approximate surface area is 122 Å². The minimum Gasteiger partial charge on any atom is -0.481 e. The van der Waals surface area contributed by atoms with Gasteiger partial charge in [-0.25, -0.2) is 0 Å². The first-order valence-electron chi connectivity index (χ1n) is 7.28. The number of carbonyl (C=O) groups is 2. The van der Waals surface area contributed by atoms with Crippen molar-refractivity contribution in [2.24, 2.45) is 0 Å². The molecule has 0 aromatic carbocycles. The maximum absolute atomic E-state index is 10.00. The highest BCUT2D eigenvalue weighted by Crippen LogP contribution is 1.95. The lowest BCUT2D eigenvalue weighted by Crippen LogP contribution is -1.91. The van der Waals surface area contributed by atoms with Crippen molar-refractivity contribution in [3.05, 3.63) is 24.3 Å². The molecule has 0 rings (SSSR count). The number of carboxylic acid groups (broad SMARTS) is 2. The van der Waals surface area contributed by atoms with Gasteiger partial charge in [0.25, 0.3) is 0 Å². The maximum atomic E-state index is 10.00. The fourth-order valence-corrected chi connectivity index (χ4v) is 1.23. The van der Waals surface area contributed by atoms with Crippen LogP contribution in [-0.2, 0) is 9.59 Å². The van der Waals surface area contributed by atoms with Gasteiger partial charge in [0.15, 0.2) is 0 Å². The lowest BCUT2D eigenvalue weighted by molar-refractivity contribution is -0.137. The van der Waals surface area contributed by atoms with Crippen molar-refractivity contribution in [3.63, 3.8) is 0 Å². The van der Waals surface area contributed by atoms with Crippen LogP contribution >= 0.6 is 0 Å². The Balaban J connectivity index is 0. The Morgan fingerprint density at radius 1 is 0.800 bits per heavy atom. The highest BCUT2D eigenvalue weighted by atomic mass is 16.4. The van der Waals surface area contributed by atoms with Crippen molar-refractivity contribution < 1.29 is 19.8 Å². The van der Waals surface area contributed by atoms with E-state index < -0.39 is 11.9 Å². The molecule has 0 amide bonds. The van der Waals surface area contributed by atoms with Gasteiger partial charge < -0.3 is 10.2 Å². The highest BCUT2D eigenvalue weighted by Gasteiger charge is 1.90. The van der Waals surface area contributed by atoms with Crippen LogP contribution in [0.25, 0.3) is 0 Å². The normalized spacial score (nSPS) is 10.5. The summed E-state index contributed by atoms with van der Waals surface area (Å²) in [4.78, 5) is 20.0. The van der Waals surface area contributed by atoms with Crippen LogP contribution in [0.4, 0.5) is 0 Å². The van der Waals surface area contributed by atoms with Gasteiger partial charge in [-0.15, -0.1) is 0 Å². The molecule has 2 N–H and O–H groups in total. The number of hydrogen-bond acceptors (Lipinski definition) is 2. The average molecular weight is 284 g/mol. The Bertz CT molecular complexity index is 293. The first kappa shape index (κ1) is 20.7. The topological polar surface area (TPSA) is 74.6 Å². The number of aliphatic carboxylic acids is 2. The van der Waals surface area contributed by atoms with Gasteiger partial charge >= 0.3 is 11.9 Å². The second-order valence-corrected chi connectivity index (χ2v) is 4.40. The zero-order valence-electron chi connectivity index (χ0n) is 12.7. The molecular weight excluding hydrogens is 256 g/mol. The lowest BCUT2D eigenvalue weighted by atomic mass is 10.2. The second kappa shape index (κ2) is 17.4. The molecule has 116 valence electrons. The largest absolute Gasteiger partial charge is 0.481 e. The smallest absolute Gasteiger partial charge is 0.307 e. The van der Waals surface area contributed by atoms with Crippen LogP contribution in [0, 0.1) is 0 Å². The van der Waals surface area contributed by atoms with Gasteiger partial charge in [-0.1, -0.05) is 57.4 Å². The van der Waals surface area contributed by atoms with Crippen LogP contribution < -0.4 is 0 Å². The van der Waals surface area contributed by atoms with Crippen LogP contribution in [0.2, 0.25) is 0 Å². The van der Waals surface area contributed by atoms with E-state index in [2.05, 4.69) is 13.8 Å². The molecule has 0 aromatic heterocycles.